The predicted molar refractivity (Wildman–Crippen MR) is 137 cm³/mol. The number of aromatic amines is 1. The van der Waals surface area contributed by atoms with E-state index >= 15 is 0 Å². The van der Waals surface area contributed by atoms with Gasteiger partial charge in [0.15, 0.2) is 0 Å². The highest BCUT2D eigenvalue weighted by Crippen LogP contribution is 2.19. The first-order valence-corrected chi connectivity index (χ1v) is 11.9. The van der Waals surface area contributed by atoms with E-state index in [0.717, 1.165) is 27.7 Å². The Morgan fingerprint density at radius 3 is 2.51 bits per heavy atom. The van der Waals surface area contributed by atoms with Gasteiger partial charge < -0.3 is 21.4 Å². The van der Waals surface area contributed by atoms with Gasteiger partial charge in [-0.1, -0.05) is 54.6 Å². The minimum absolute atomic E-state index is 0.0628. The maximum Gasteiger partial charge on any atom is 0.237 e. The molecule has 2 aromatic carbocycles. The Labute approximate surface area is 205 Å². The van der Waals surface area contributed by atoms with Crippen molar-refractivity contribution in [2.24, 2.45) is 5.73 Å². The molecular weight excluding hydrogens is 438 g/mol. The van der Waals surface area contributed by atoms with E-state index in [2.05, 4.69) is 20.6 Å². The molecule has 2 aromatic heterocycles. The smallest absolute Gasteiger partial charge is 0.237 e. The summed E-state index contributed by atoms with van der Waals surface area (Å²) < 4.78 is 0. The zero-order valence-corrected chi connectivity index (χ0v) is 19.6. The number of hydrogen-bond acceptors (Lipinski definition) is 4. The number of nitrogens with zero attached hydrogens (tertiary/aromatic N) is 1. The molecule has 0 fully saturated rings. The number of hydrogen-bond donors (Lipinski definition) is 4. The summed E-state index contributed by atoms with van der Waals surface area (Å²) in [4.78, 5) is 32.7. The minimum atomic E-state index is -0.649. The number of carbonyl (C=O) groups is 2. The summed E-state index contributed by atoms with van der Waals surface area (Å²) in [7, 11) is 0. The lowest BCUT2D eigenvalue weighted by Gasteiger charge is -2.19. The van der Waals surface area contributed by atoms with Crippen LogP contribution < -0.4 is 16.4 Å². The van der Waals surface area contributed by atoms with E-state index in [1.54, 1.807) is 6.20 Å². The molecule has 2 amide bonds. The van der Waals surface area contributed by atoms with Gasteiger partial charge in [-0.05, 0) is 42.2 Å². The van der Waals surface area contributed by atoms with E-state index in [9.17, 15) is 9.59 Å². The summed E-state index contributed by atoms with van der Waals surface area (Å²) in [5.41, 5.74) is 10.1. The lowest BCUT2D eigenvalue weighted by atomic mass is 10.0. The Morgan fingerprint density at radius 1 is 0.943 bits per heavy atom. The molecular formula is C28H31N5O2. The monoisotopic (exact) mass is 469 g/mol. The third-order valence-electron chi connectivity index (χ3n) is 6.01. The highest BCUT2D eigenvalue weighted by Gasteiger charge is 2.17. The molecule has 0 aliphatic heterocycles. The molecule has 2 atom stereocenters. The second-order valence-electron chi connectivity index (χ2n) is 8.62. The molecule has 0 saturated heterocycles. The van der Waals surface area contributed by atoms with Gasteiger partial charge in [0.25, 0.3) is 0 Å². The van der Waals surface area contributed by atoms with Gasteiger partial charge in [-0.25, -0.2) is 0 Å². The fourth-order valence-corrected chi connectivity index (χ4v) is 4.15. The van der Waals surface area contributed by atoms with E-state index < -0.39 is 6.04 Å². The van der Waals surface area contributed by atoms with Gasteiger partial charge in [-0.15, -0.1) is 0 Å². The molecule has 0 bridgehead atoms. The van der Waals surface area contributed by atoms with Crippen molar-refractivity contribution in [2.45, 2.75) is 37.8 Å². The molecule has 0 saturated carbocycles. The SMILES string of the molecule is NC(Cc1c[nH]c2ccccc12)C(=O)NCCCC(=O)N[C@@H](Cc1ccccn1)c1ccccc1. The van der Waals surface area contributed by atoms with Gasteiger partial charge in [-0.2, -0.15) is 0 Å². The van der Waals surface area contributed by atoms with Crippen LogP contribution >= 0.6 is 0 Å². The second kappa shape index (κ2) is 11.9. The fraction of sp³-hybridized carbons (Fsp3) is 0.250. The van der Waals surface area contributed by atoms with Crippen molar-refractivity contribution < 1.29 is 9.59 Å². The lowest BCUT2D eigenvalue weighted by Crippen LogP contribution is -2.42. The van der Waals surface area contributed by atoms with Crippen molar-refractivity contribution in [1.29, 1.82) is 0 Å². The van der Waals surface area contributed by atoms with Crippen molar-refractivity contribution in [3.8, 4) is 0 Å². The summed E-state index contributed by atoms with van der Waals surface area (Å²) >= 11 is 0. The normalized spacial score (nSPS) is 12.7. The summed E-state index contributed by atoms with van der Waals surface area (Å²) in [6.07, 6.45) is 5.55. The number of nitrogens with two attached hydrogens (primary N) is 1. The number of para-hydroxylation sites is 1. The van der Waals surface area contributed by atoms with Gasteiger partial charge in [0.1, 0.15) is 0 Å². The fourth-order valence-electron chi connectivity index (χ4n) is 4.15. The molecule has 35 heavy (non-hydrogen) atoms. The summed E-state index contributed by atoms with van der Waals surface area (Å²) in [6.45, 7) is 0.393. The first kappa shape index (κ1) is 24.2. The molecule has 2 heterocycles. The van der Waals surface area contributed by atoms with E-state index in [4.69, 9.17) is 5.73 Å². The standard InChI is InChI=1S/C28H31N5O2/c29-24(17-21-19-32-25-13-5-4-12-23(21)25)28(35)31-16-8-14-27(34)33-26(20-9-2-1-3-10-20)18-22-11-6-7-15-30-22/h1-7,9-13,15,19,24,26,32H,8,14,16-18,29H2,(H,31,35)(H,33,34)/t24?,26-/m0/s1. The van der Waals surface area contributed by atoms with E-state index in [1.165, 1.54) is 0 Å². The maximum atomic E-state index is 12.7. The van der Waals surface area contributed by atoms with Gasteiger partial charge >= 0.3 is 0 Å². The third kappa shape index (κ3) is 6.77. The Balaban J connectivity index is 1.23. The summed E-state index contributed by atoms with van der Waals surface area (Å²) in [5.74, 6) is -0.278. The van der Waals surface area contributed by atoms with Crippen LogP contribution in [0.3, 0.4) is 0 Å². The van der Waals surface area contributed by atoms with Gasteiger partial charge in [0.05, 0.1) is 12.1 Å². The van der Waals surface area contributed by atoms with Crippen LogP contribution in [0.25, 0.3) is 10.9 Å². The van der Waals surface area contributed by atoms with E-state index in [0.29, 0.717) is 32.2 Å². The van der Waals surface area contributed by atoms with Gasteiger partial charge in [0, 0.05) is 48.4 Å². The van der Waals surface area contributed by atoms with E-state index in [1.807, 2.05) is 79.0 Å². The molecule has 0 aliphatic carbocycles. The summed E-state index contributed by atoms with van der Waals surface area (Å²) in [5, 5.41) is 7.05. The average molecular weight is 470 g/mol. The zero-order chi connectivity index (χ0) is 24.5. The largest absolute Gasteiger partial charge is 0.361 e. The Morgan fingerprint density at radius 2 is 1.71 bits per heavy atom. The number of nitrogens with one attached hydrogen (secondary N) is 3. The number of H-pyrrole nitrogens is 1. The Hall–Kier alpha value is -3.97. The molecule has 0 radical (unpaired) electrons. The number of fused-ring (bicyclic) bond motifs is 1. The molecule has 180 valence electrons. The zero-order valence-electron chi connectivity index (χ0n) is 19.6. The average Bonchev–Trinajstić information content (AvgIpc) is 3.30. The maximum absolute atomic E-state index is 12.7. The number of pyridine rings is 1. The minimum Gasteiger partial charge on any atom is -0.361 e. The quantitative estimate of drug-likeness (QED) is 0.252. The Kier molecular flexibility index (Phi) is 8.25. The van der Waals surface area contributed by atoms with Crippen LogP contribution in [0.1, 0.15) is 35.7 Å². The molecule has 7 nitrogen and oxygen atoms in total. The lowest BCUT2D eigenvalue weighted by molar-refractivity contribution is -0.124. The second-order valence-corrected chi connectivity index (χ2v) is 8.62. The van der Waals surface area contributed by atoms with Crippen molar-refractivity contribution in [1.82, 2.24) is 20.6 Å². The highest BCUT2D eigenvalue weighted by atomic mass is 16.2. The van der Waals surface area contributed by atoms with Crippen LogP contribution in [-0.2, 0) is 22.4 Å². The van der Waals surface area contributed by atoms with Gasteiger partial charge in [0.2, 0.25) is 11.8 Å². The van der Waals surface area contributed by atoms with Crippen molar-refractivity contribution in [2.75, 3.05) is 6.54 Å². The van der Waals surface area contributed by atoms with Crippen LogP contribution in [0.2, 0.25) is 0 Å². The molecule has 4 rings (SSSR count). The number of aromatic nitrogens is 2. The van der Waals surface area contributed by atoms with Crippen molar-refractivity contribution in [3.63, 3.8) is 0 Å². The van der Waals surface area contributed by atoms with Crippen molar-refractivity contribution in [3.05, 3.63) is 102 Å². The first-order chi connectivity index (χ1) is 17.1. The molecule has 5 N–H and O–H groups in total. The number of rotatable bonds is 11. The highest BCUT2D eigenvalue weighted by molar-refractivity contribution is 5.86. The van der Waals surface area contributed by atoms with Gasteiger partial charge in [-0.3, -0.25) is 14.6 Å². The number of benzene rings is 2. The predicted octanol–water partition coefficient (Wildman–Crippen LogP) is 3.43. The Bertz CT molecular complexity index is 1240. The van der Waals surface area contributed by atoms with Crippen LogP contribution in [0.15, 0.2) is 85.2 Å². The topological polar surface area (TPSA) is 113 Å². The van der Waals surface area contributed by atoms with Crippen LogP contribution in [0, 0.1) is 0 Å². The number of amides is 2. The number of carbonyl (C=O) groups excluding carboxylic acids is 2. The van der Waals surface area contributed by atoms with Crippen LogP contribution in [-0.4, -0.2) is 34.4 Å². The van der Waals surface area contributed by atoms with Crippen molar-refractivity contribution >= 4 is 22.7 Å². The summed E-state index contributed by atoms with van der Waals surface area (Å²) in [6, 6.07) is 22.8. The molecule has 1 unspecified atom stereocenters. The van der Waals surface area contributed by atoms with E-state index in [-0.39, 0.29) is 17.9 Å². The first-order valence-electron chi connectivity index (χ1n) is 11.9. The van der Waals surface area contributed by atoms with Crippen LogP contribution in [0.4, 0.5) is 0 Å². The third-order valence-corrected chi connectivity index (χ3v) is 6.01. The molecule has 7 heteroatoms. The molecule has 0 spiro atoms. The molecule has 0 aliphatic rings. The van der Waals surface area contributed by atoms with Crippen LogP contribution in [0.5, 0.6) is 0 Å². The molecule has 4 aromatic rings.